The van der Waals surface area contributed by atoms with E-state index in [0.29, 0.717) is 44.1 Å². The predicted molar refractivity (Wildman–Crippen MR) is 102 cm³/mol. The van der Waals surface area contributed by atoms with Gasteiger partial charge >= 0.3 is 0 Å². The van der Waals surface area contributed by atoms with E-state index in [1.807, 2.05) is 28.5 Å². The first kappa shape index (κ1) is 17.9. The van der Waals surface area contributed by atoms with Gasteiger partial charge in [0.15, 0.2) is 11.5 Å². The number of amides is 2. The largest absolute Gasteiger partial charge is 0.485 e. The lowest BCUT2D eigenvalue weighted by atomic mass is 10.1. The molecule has 0 unspecified atom stereocenters. The topological polar surface area (TPSA) is 59.1 Å². The summed E-state index contributed by atoms with van der Waals surface area (Å²) in [6, 6.07) is 9.42. The van der Waals surface area contributed by atoms with Crippen LogP contribution in [-0.4, -0.2) is 60.5 Å². The van der Waals surface area contributed by atoms with Gasteiger partial charge in [0, 0.05) is 32.6 Å². The Morgan fingerprint density at radius 3 is 2.52 bits per heavy atom. The predicted octanol–water partition coefficient (Wildman–Crippen LogP) is 2.19. The number of piperazine rings is 1. The van der Waals surface area contributed by atoms with E-state index >= 15 is 0 Å². The number of hydrogen-bond donors (Lipinski definition) is 0. The molecular formula is C20H22N2O4S. The second-order valence-electron chi connectivity index (χ2n) is 6.70. The van der Waals surface area contributed by atoms with Crippen molar-refractivity contribution in [2.75, 3.05) is 32.8 Å². The average Bonchev–Trinajstić information content (AvgIpc) is 3.25. The van der Waals surface area contributed by atoms with Crippen LogP contribution in [0.1, 0.15) is 12.0 Å². The Labute approximate surface area is 162 Å². The molecular weight excluding hydrogens is 364 g/mol. The summed E-state index contributed by atoms with van der Waals surface area (Å²) in [5, 5.41) is 4.11. The monoisotopic (exact) mass is 386 g/mol. The average molecular weight is 386 g/mol. The maximum Gasteiger partial charge on any atom is 0.267 e. The normalized spacial score (nSPS) is 19.0. The zero-order valence-electron chi connectivity index (χ0n) is 15.0. The van der Waals surface area contributed by atoms with Crippen molar-refractivity contribution < 1.29 is 19.1 Å². The Morgan fingerprint density at radius 1 is 1.04 bits per heavy atom. The molecule has 0 saturated carbocycles. The summed E-state index contributed by atoms with van der Waals surface area (Å²) < 4.78 is 11.4. The van der Waals surface area contributed by atoms with Gasteiger partial charge in [0.1, 0.15) is 6.61 Å². The fraction of sp³-hybridized carbons (Fsp3) is 0.400. The molecule has 1 aromatic heterocycles. The highest BCUT2D eigenvalue weighted by Crippen LogP contribution is 2.31. The quantitative estimate of drug-likeness (QED) is 0.808. The minimum atomic E-state index is -0.624. The van der Waals surface area contributed by atoms with Crippen molar-refractivity contribution >= 4 is 23.2 Å². The van der Waals surface area contributed by atoms with Crippen molar-refractivity contribution in [3.63, 3.8) is 0 Å². The number of hydrogen-bond acceptors (Lipinski definition) is 5. The minimum absolute atomic E-state index is 0.0742. The lowest BCUT2D eigenvalue weighted by molar-refractivity contribution is -0.146. The molecule has 7 heteroatoms. The highest BCUT2D eigenvalue weighted by Gasteiger charge is 2.33. The Bertz CT molecular complexity index is 800. The summed E-state index contributed by atoms with van der Waals surface area (Å²) in [7, 11) is 0. The second kappa shape index (κ2) is 8.00. The smallest absolute Gasteiger partial charge is 0.267 e. The Balaban J connectivity index is 1.26. The number of thiophene rings is 1. The summed E-state index contributed by atoms with van der Waals surface area (Å²) in [6.45, 7) is 2.42. The van der Waals surface area contributed by atoms with E-state index in [0.717, 1.165) is 6.42 Å². The van der Waals surface area contributed by atoms with Crippen LogP contribution in [0.3, 0.4) is 0 Å². The minimum Gasteiger partial charge on any atom is -0.485 e. The van der Waals surface area contributed by atoms with Crippen LogP contribution in [0.25, 0.3) is 0 Å². The zero-order valence-corrected chi connectivity index (χ0v) is 15.8. The third kappa shape index (κ3) is 4.08. The maximum atomic E-state index is 12.7. The van der Waals surface area contributed by atoms with Crippen LogP contribution >= 0.6 is 11.3 Å². The fourth-order valence-electron chi connectivity index (χ4n) is 3.37. The number of benzene rings is 1. The molecule has 2 aliphatic rings. The molecule has 1 aromatic carbocycles. The number of rotatable bonds is 4. The molecule has 4 rings (SSSR count). The van der Waals surface area contributed by atoms with E-state index in [4.69, 9.17) is 9.47 Å². The molecule has 0 N–H and O–H groups in total. The van der Waals surface area contributed by atoms with Crippen LogP contribution in [0.2, 0.25) is 0 Å². The van der Waals surface area contributed by atoms with Crippen LogP contribution < -0.4 is 9.47 Å². The van der Waals surface area contributed by atoms with Crippen molar-refractivity contribution in [1.29, 1.82) is 0 Å². The molecule has 3 heterocycles. The Morgan fingerprint density at radius 2 is 1.78 bits per heavy atom. The van der Waals surface area contributed by atoms with Gasteiger partial charge in [-0.25, -0.2) is 0 Å². The van der Waals surface area contributed by atoms with Gasteiger partial charge in [-0.05, 0) is 40.9 Å². The lowest BCUT2D eigenvalue weighted by Gasteiger charge is -2.37. The number of fused-ring (bicyclic) bond motifs is 1. The third-order valence-corrected chi connectivity index (χ3v) is 5.67. The highest BCUT2D eigenvalue weighted by molar-refractivity contribution is 7.07. The number of nitrogens with zero attached hydrogens (tertiary/aromatic N) is 2. The summed E-state index contributed by atoms with van der Waals surface area (Å²) in [6.07, 6.45) is 0.663. The van der Waals surface area contributed by atoms with Crippen molar-refractivity contribution in [3.05, 3.63) is 46.7 Å². The summed E-state index contributed by atoms with van der Waals surface area (Å²) in [5.41, 5.74) is 1.21. The van der Waals surface area contributed by atoms with E-state index in [1.54, 1.807) is 22.3 Å². The molecule has 0 radical (unpaired) electrons. The first-order valence-corrected chi connectivity index (χ1v) is 10.1. The highest BCUT2D eigenvalue weighted by atomic mass is 32.1. The van der Waals surface area contributed by atoms with Gasteiger partial charge in [0.25, 0.3) is 5.91 Å². The SMILES string of the molecule is O=C(CCc1ccsc1)N1CCN(C(=O)[C@@H]2COc3ccccc3O2)CC1. The first-order chi connectivity index (χ1) is 13.2. The molecule has 1 atom stereocenters. The Kier molecular flexibility index (Phi) is 5.29. The number of carbonyl (C=O) groups excluding carboxylic acids is 2. The van der Waals surface area contributed by atoms with Gasteiger partial charge in [-0.2, -0.15) is 11.3 Å². The van der Waals surface area contributed by atoms with Crippen LogP contribution in [0, 0.1) is 0 Å². The van der Waals surface area contributed by atoms with Crippen LogP contribution in [0.15, 0.2) is 41.1 Å². The number of para-hydroxylation sites is 2. The van der Waals surface area contributed by atoms with Gasteiger partial charge in [0.2, 0.25) is 12.0 Å². The number of carbonyl (C=O) groups is 2. The van der Waals surface area contributed by atoms with Gasteiger partial charge in [-0.1, -0.05) is 12.1 Å². The molecule has 0 bridgehead atoms. The molecule has 2 aromatic rings. The van der Waals surface area contributed by atoms with Crippen molar-refractivity contribution in [1.82, 2.24) is 9.80 Å². The molecule has 1 fully saturated rings. The third-order valence-electron chi connectivity index (χ3n) is 4.94. The van der Waals surface area contributed by atoms with Crippen LogP contribution in [-0.2, 0) is 16.0 Å². The lowest BCUT2D eigenvalue weighted by Crippen LogP contribution is -2.55. The molecule has 1 saturated heterocycles. The maximum absolute atomic E-state index is 12.7. The van der Waals surface area contributed by atoms with E-state index in [-0.39, 0.29) is 18.4 Å². The van der Waals surface area contributed by atoms with Gasteiger partial charge < -0.3 is 19.3 Å². The molecule has 27 heavy (non-hydrogen) atoms. The van der Waals surface area contributed by atoms with Crippen molar-refractivity contribution in [2.24, 2.45) is 0 Å². The second-order valence-corrected chi connectivity index (χ2v) is 7.48. The standard InChI is InChI=1S/C20H22N2O4S/c23-19(6-5-15-7-12-27-14-15)21-8-10-22(11-9-21)20(24)18-13-25-16-3-1-2-4-17(16)26-18/h1-4,7,12,14,18H,5-6,8-11,13H2/t18-/m0/s1. The van der Waals surface area contributed by atoms with E-state index in [9.17, 15) is 9.59 Å². The van der Waals surface area contributed by atoms with Crippen LogP contribution in [0.5, 0.6) is 11.5 Å². The van der Waals surface area contributed by atoms with E-state index in [2.05, 4.69) is 11.4 Å². The molecule has 0 aliphatic carbocycles. The number of aryl methyl sites for hydroxylation is 1. The molecule has 2 amide bonds. The summed E-state index contributed by atoms with van der Waals surface area (Å²) in [4.78, 5) is 28.7. The van der Waals surface area contributed by atoms with Crippen LogP contribution in [0.4, 0.5) is 0 Å². The van der Waals surface area contributed by atoms with E-state index < -0.39 is 6.10 Å². The summed E-state index contributed by atoms with van der Waals surface area (Å²) in [5.74, 6) is 1.35. The van der Waals surface area contributed by atoms with E-state index in [1.165, 1.54) is 5.56 Å². The first-order valence-electron chi connectivity index (χ1n) is 9.17. The van der Waals surface area contributed by atoms with Gasteiger partial charge in [-0.3, -0.25) is 9.59 Å². The zero-order chi connectivity index (χ0) is 18.6. The molecule has 6 nitrogen and oxygen atoms in total. The summed E-state index contributed by atoms with van der Waals surface area (Å²) >= 11 is 1.65. The fourth-order valence-corrected chi connectivity index (χ4v) is 4.07. The number of ether oxygens (including phenoxy) is 2. The van der Waals surface area contributed by atoms with Crippen molar-refractivity contribution in [2.45, 2.75) is 18.9 Å². The van der Waals surface area contributed by atoms with Crippen molar-refractivity contribution in [3.8, 4) is 11.5 Å². The molecule has 142 valence electrons. The molecule has 2 aliphatic heterocycles. The Hall–Kier alpha value is -2.54. The van der Waals surface area contributed by atoms with Gasteiger partial charge in [-0.15, -0.1) is 0 Å². The van der Waals surface area contributed by atoms with Gasteiger partial charge in [0.05, 0.1) is 0 Å². The molecule has 0 spiro atoms.